The highest BCUT2D eigenvalue weighted by atomic mass is 79.9. The van der Waals surface area contributed by atoms with E-state index in [2.05, 4.69) is 31.7 Å². The van der Waals surface area contributed by atoms with E-state index in [1.807, 2.05) is 66.7 Å². The lowest BCUT2D eigenvalue weighted by Crippen LogP contribution is -1.98. The Morgan fingerprint density at radius 3 is 1.12 bits per heavy atom. The van der Waals surface area contributed by atoms with E-state index in [0.29, 0.717) is 52.6 Å². The Hall–Kier alpha value is -7.34. The average molecular weight is 1080 g/mol. The smallest absolute Gasteiger partial charge is 0.187 e. The molecule has 0 aliphatic heterocycles. The molecule has 0 fully saturated rings. The molecule has 11 heteroatoms. The van der Waals surface area contributed by atoms with Crippen LogP contribution in [0.4, 0.5) is 28.9 Å². The van der Waals surface area contributed by atoms with Gasteiger partial charge in [-0.3, -0.25) is 0 Å². The Bertz CT molecular complexity index is 3100. The molecule has 8 rings (SSSR count). The SMILES string of the molecule is Oc1ccc(-c2ccc(F)cc2)c(F)c1.[C-]#[N+]c1ccc2cc(OCCCCCCCCCBr)ccc2c1.[C-]#[N+]c1ccc2cc(OCCCCCCCCCOc3ccc(-c4ccc(F)cc4)c(F)c3)ccc2c1. The zero-order chi connectivity index (χ0) is 53.0. The van der Waals surface area contributed by atoms with Gasteiger partial charge in [0.05, 0.1) is 33.0 Å². The molecule has 0 aliphatic rings. The van der Waals surface area contributed by atoms with Crippen LogP contribution >= 0.6 is 15.9 Å². The Labute approximate surface area is 447 Å². The van der Waals surface area contributed by atoms with Gasteiger partial charge in [-0.15, -0.1) is 0 Å². The second-order valence-corrected chi connectivity index (χ2v) is 18.9. The zero-order valence-corrected chi connectivity index (χ0v) is 43.8. The molecule has 0 saturated heterocycles. The van der Waals surface area contributed by atoms with Crippen LogP contribution in [0, 0.1) is 36.4 Å². The number of nitrogens with zero attached hydrogens (tertiary/aromatic N) is 2. The topological polar surface area (TPSA) is 56.6 Å². The minimum absolute atomic E-state index is 0.127. The summed E-state index contributed by atoms with van der Waals surface area (Å²) in [5.74, 6) is 0.580. The number of alkyl halides is 1. The molecule has 0 atom stereocenters. The van der Waals surface area contributed by atoms with E-state index < -0.39 is 5.82 Å². The first-order valence-corrected chi connectivity index (χ1v) is 26.8. The number of unbranched alkanes of at least 4 members (excludes halogenated alkanes) is 12. The minimum atomic E-state index is -0.526. The highest BCUT2D eigenvalue weighted by Gasteiger charge is 2.09. The van der Waals surface area contributed by atoms with Crippen LogP contribution in [0.3, 0.4) is 0 Å². The van der Waals surface area contributed by atoms with Crippen LogP contribution in [0.15, 0.2) is 158 Å². The van der Waals surface area contributed by atoms with Crippen molar-refractivity contribution in [2.24, 2.45) is 0 Å². The molecule has 75 heavy (non-hydrogen) atoms. The van der Waals surface area contributed by atoms with Gasteiger partial charge in [-0.25, -0.2) is 27.3 Å². The summed E-state index contributed by atoms with van der Waals surface area (Å²) in [4.78, 5) is 6.93. The fraction of sp³-hybridized carbons (Fsp3) is 0.281. The summed E-state index contributed by atoms with van der Waals surface area (Å²) in [6.07, 6.45) is 16.7. The molecule has 0 aliphatic carbocycles. The monoisotopic (exact) mass is 1080 g/mol. The maximum atomic E-state index is 14.4. The third-order valence-electron chi connectivity index (χ3n) is 12.4. The molecule has 0 amide bonds. The second-order valence-electron chi connectivity index (χ2n) is 18.1. The highest BCUT2D eigenvalue weighted by molar-refractivity contribution is 9.09. The number of rotatable bonds is 24. The quantitative estimate of drug-likeness (QED) is 0.0284. The van der Waals surface area contributed by atoms with Gasteiger partial charge in [0.15, 0.2) is 11.4 Å². The molecule has 0 unspecified atom stereocenters. The van der Waals surface area contributed by atoms with E-state index in [-0.39, 0.29) is 23.2 Å². The molecule has 0 spiro atoms. The predicted octanol–water partition coefficient (Wildman–Crippen LogP) is 19.8. The van der Waals surface area contributed by atoms with Crippen LogP contribution in [0.25, 0.3) is 53.5 Å². The lowest BCUT2D eigenvalue weighted by molar-refractivity contribution is 0.299. The number of ether oxygens (including phenoxy) is 3. The summed E-state index contributed by atoms with van der Waals surface area (Å²) in [7, 11) is 0. The lowest BCUT2D eigenvalue weighted by Gasteiger charge is -2.09. The molecule has 8 aromatic rings. The lowest BCUT2D eigenvalue weighted by atomic mass is 10.1. The van der Waals surface area contributed by atoms with Gasteiger partial charge in [-0.1, -0.05) is 141 Å². The Morgan fingerprint density at radius 2 is 0.720 bits per heavy atom. The number of phenols is 1. The first-order chi connectivity index (χ1) is 36.6. The molecule has 0 radical (unpaired) electrons. The second kappa shape index (κ2) is 31.4. The number of halogens is 5. The van der Waals surface area contributed by atoms with E-state index in [1.165, 1.54) is 106 Å². The highest BCUT2D eigenvalue weighted by Crippen LogP contribution is 2.30. The van der Waals surface area contributed by atoms with E-state index in [9.17, 15) is 17.6 Å². The fourth-order valence-electron chi connectivity index (χ4n) is 8.30. The van der Waals surface area contributed by atoms with E-state index in [1.54, 1.807) is 24.3 Å². The molecule has 0 heterocycles. The van der Waals surface area contributed by atoms with Crippen LogP contribution in [-0.4, -0.2) is 30.3 Å². The van der Waals surface area contributed by atoms with Crippen LogP contribution in [-0.2, 0) is 0 Å². The summed E-state index contributed by atoms with van der Waals surface area (Å²) in [5, 5.41) is 14.5. The standard InChI is InChI=1S/C32H31F2NO2.C20H24BrNO.C12H8F2O/c1-35-28-15-11-26-22-29(16-12-25(26)21-28)36-19-7-5-3-2-4-6-8-20-37-30-17-18-31(32(34)23-30)24-9-13-27(33)14-10-24;1-22-19-11-9-18-16-20(12-10-17(18)15-19)23-14-8-6-4-2-3-5-7-13-21;13-9-3-1-8(2-4-9)11-6-5-10(15)7-12(11)14/h9-18,21-23H,2-8,19-20H2;9-12,15-16H,2-8,13-14H2;1-7,15H. The van der Waals surface area contributed by atoms with E-state index in [0.717, 1.165) is 89.6 Å². The van der Waals surface area contributed by atoms with Crippen molar-refractivity contribution in [3.8, 4) is 45.3 Å². The van der Waals surface area contributed by atoms with Crippen molar-refractivity contribution in [1.29, 1.82) is 0 Å². The number of benzene rings is 8. The zero-order valence-electron chi connectivity index (χ0n) is 42.2. The van der Waals surface area contributed by atoms with Crippen molar-refractivity contribution in [3.05, 3.63) is 204 Å². The molecular formula is C64H63BrF4N2O4. The van der Waals surface area contributed by atoms with Crippen LogP contribution in [0.2, 0.25) is 0 Å². The molecular weight excluding hydrogens is 1020 g/mol. The molecule has 388 valence electrons. The van der Waals surface area contributed by atoms with Crippen molar-refractivity contribution in [1.82, 2.24) is 0 Å². The van der Waals surface area contributed by atoms with Gasteiger partial charge in [-0.2, -0.15) is 0 Å². The third kappa shape index (κ3) is 19.5. The number of phenolic OH excluding ortho intramolecular Hbond substituents is 1. The predicted molar refractivity (Wildman–Crippen MR) is 301 cm³/mol. The van der Waals surface area contributed by atoms with Crippen molar-refractivity contribution in [2.75, 3.05) is 25.2 Å². The number of aromatic hydroxyl groups is 1. The van der Waals surface area contributed by atoms with Gasteiger partial charge in [0, 0.05) is 28.6 Å². The molecule has 1 N–H and O–H groups in total. The van der Waals surface area contributed by atoms with Gasteiger partial charge in [0.1, 0.15) is 46.3 Å². The Kier molecular flexibility index (Phi) is 23.8. The number of hydrogen-bond acceptors (Lipinski definition) is 4. The van der Waals surface area contributed by atoms with Gasteiger partial charge < -0.3 is 19.3 Å². The van der Waals surface area contributed by atoms with Crippen LogP contribution in [0.1, 0.15) is 89.9 Å². The summed E-state index contributed by atoms with van der Waals surface area (Å²) >= 11 is 3.47. The normalized spacial score (nSPS) is 10.7. The van der Waals surface area contributed by atoms with Crippen molar-refractivity contribution in [3.63, 3.8) is 0 Å². The minimum Gasteiger partial charge on any atom is -0.508 e. The fourth-order valence-corrected chi connectivity index (χ4v) is 8.69. The molecule has 0 saturated carbocycles. The Morgan fingerprint density at radius 1 is 0.373 bits per heavy atom. The van der Waals surface area contributed by atoms with Gasteiger partial charge >= 0.3 is 0 Å². The summed E-state index contributed by atoms with van der Waals surface area (Å²) < 4.78 is 71.0. The van der Waals surface area contributed by atoms with E-state index >= 15 is 0 Å². The average Bonchev–Trinajstić information content (AvgIpc) is 3.42. The van der Waals surface area contributed by atoms with Crippen LogP contribution < -0.4 is 14.2 Å². The first-order valence-electron chi connectivity index (χ1n) is 25.7. The van der Waals surface area contributed by atoms with E-state index in [4.69, 9.17) is 32.5 Å². The number of fused-ring (bicyclic) bond motifs is 2. The molecule has 6 nitrogen and oxygen atoms in total. The van der Waals surface area contributed by atoms with Crippen LogP contribution in [0.5, 0.6) is 23.0 Å². The van der Waals surface area contributed by atoms with Crippen molar-refractivity contribution < 1.29 is 36.9 Å². The maximum Gasteiger partial charge on any atom is 0.187 e. The van der Waals surface area contributed by atoms with Crippen molar-refractivity contribution in [2.45, 2.75) is 89.9 Å². The Balaban J connectivity index is 0.000000204. The maximum absolute atomic E-state index is 14.4. The summed E-state index contributed by atoms with van der Waals surface area (Å²) in [6, 6.07) is 43.5. The molecule has 0 aromatic heterocycles. The largest absolute Gasteiger partial charge is 0.508 e. The molecule has 8 aromatic carbocycles. The van der Waals surface area contributed by atoms with Crippen molar-refractivity contribution >= 4 is 48.8 Å². The number of hydrogen-bond donors (Lipinski definition) is 1. The first kappa shape index (κ1) is 56.9. The third-order valence-corrected chi connectivity index (χ3v) is 13.0. The van der Waals surface area contributed by atoms with Gasteiger partial charge in [0.2, 0.25) is 0 Å². The van der Waals surface area contributed by atoms with Gasteiger partial charge in [-0.05, 0) is 143 Å². The summed E-state index contributed by atoms with van der Waals surface area (Å²) in [5.41, 5.74) is 3.33. The summed E-state index contributed by atoms with van der Waals surface area (Å²) in [6.45, 7) is 16.2. The van der Waals surface area contributed by atoms with Gasteiger partial charge in [0.25, 0.3) is 0 Å². The molecule has 0 bridgehead atoms.